The normalized spacial score (nSPS) is 10.4. The maximum absolute atomic E-state index is 5.55. The molecule has 0 saturated heterocycles. The molecule has 3 heteroatoms. The van der Waals surface area contributed by atoms with Gasteiger partial charge in [-0.05, 0) is 5.56 Å². The summed E-state index contributed by atoms with van der Waals surface area (Å²) in [6, 6.07) is 10.2. The largest absolute Gasteiger partial charge is 0.376 e. The molecule has 0 atom stereocenters. The molecular formula is C12H14N2O. The lowest BCUT2D eigenvalue weighted by Crippen LogP contribution is -1.99. The average Bonchev–Trinajstić information content (AvgIpc) is 2.79. The van der Waals surface area contributed by atoms with Crippen LogP contribution in [-0.2, 0) is 17.8 Å². The van der Waals surface area contributed by atoms with E-state index >= 15 is 0 Å². The van der Waals surface area contributed by atoms with Crippen molar-refractivity contribution in [3.8, 4) is 0 Å². The van der Waals surface area contributed by atoms with E-state index in [2.05, 4.69) is 22.1 Å². The van der Waals surface area contributed by atoms with Gasteiger partial charge in [-0.2, -0.15) is 0 Å². The van der Waals surface area contributed by atoms with E-state index in [1.165, 1.54) is 5.56 Å². The van der Waals surface area contributed by atoms with Crippen molar-refractivity contribution in [3.63, 3.8) is 0 Å². The van der Waals surface area contributed by atoms with Gasteiger partial charge in [0, 0.05) is 18.3 Å². The monoisotopic (exact) mass is 202 g/mol. The molecule has 0 saturated carbocycles. The smallest absolute Gasteiger partial charge is 0.0921 e. The van der Waals surface area contributed by atoms with Crippen LogP contribution in [0.1, 0.15) is 11.3 Å². The predicted molar refractivity (Wildman–Crippen MR) is 58.4 cm³/mol. The first kappa shape index (κ1) is 9.93. The summed E-state index contributed by atoms with van der Waals surface area (Å²) in [4.78, 5) is 6.99. The lowest BCUT2D eigenvalue weighted by molar-refractivity contribution is 0.123. The molecule has 78 valence electrons. The van der Waals surface area contributed by atoms with Gasteiger partial charge in [0.05, 0.1) is 19.5 Å². The number of imidazole rings is 1. The van der Waals surface area contributed by atoms with Crippen LogP contribution in [0.15, 0.2) is 42.9 Å². The van der Waals surface area contributed by atoms with Crippen LogP contribution in [-0.4, -0.2) is 16.6 Å². The third-order valence-electron chi connectivity index (χ3n) is 2.18. The summed E-state index contributed by atoms with van der Waals surface area (Å²) in [5, 5.41) is 0. The molecule has 0 radical (unpaired) electrons. The van der Waals surface area contributed by atoms with Crippen LogP contribution in [0.25, 0.3) is 0 Å². The van der Waals surface area contributed by atoms with Crippen molar-refractivity contribution in [1.82, 2.24) is 9.97 Å². The molecule has 0 unspecified atom stereocenters. The molecule has 0 spiro atoms. The van der Waals surface area contributed by atoms with E-state index in [1.54, 1.807) is 6.33 Å². The van der Waals surface area contributed by atoms with Crippen LogP contribution >= 0.6 is 0 Å². The number of aromatic amines is 1. The lowest BCUT2D eigenvalue weighted by Gasteiger charge is -2.02. The molecular weight excluding hydrogens is 188 g/mol. The molecule has 0 aliphatic heterocycles. The second-order valence-electron chi connectivity index (χ2n) is 3.37. The van der Waals surface area contributed by atoms with E-state index in [1.807, 2.05) is 24.4 Å². The molecule has 0 aliphatic rings. The van der Waals surface area contributed by atoms with Gasteiger partial charge in [-0.1, -0.05) is 30.3 Å². The Labute approximate surface area is 89.1 Å². The topological polar surface area (TPSA) is 37.9 Å². The molecule has 2 rings (SSSR count). The minimum atomic E-state index is 0.676. The Balaban J connectivity index is 1.68. The van der Waals surface area contributed by atoms with E-state index < -0.39 is 0 Å². The SMILES string of the molecule is c1ccc(COCCc2cnc[nH]2)cc1. The third-order valence-corrected chi connectivity index (χ3v) is 2.18. The molecule has 3 nitrogen and oxygen atoms in total. The Morgan fingerprint density at radius 3 is 2.80 bits per heavy atom. The van der Waals surface area contributed by atoms with Gasteiger partial charge in [-0.25, -0.2) is 4.98 Å². The number of H-pyrrole nitrogens is 1. The van der Waals surface area contributed by atoms with E-state index in [0.29, 0.717) is 6.61 Å². The number of hydrogen-bond donors (Lipinski definition) is 1. The number of nitrogens with zero attached hydrogens (tertiary/aromatic N) is 1. The van der Waals surface area contributed by atoms with E-state index in [-0.39, 0.29) is 0 Å². The number of aromatic nitrogens is 2. The van der Waals surface area contributed by atoms with Gasteiger partial charge in [-0.15, -0.1) is 0 Å². The van der Waals surface area contributed by atoms with Gasteiger partial charge in [0.1, 0.15) is 0 Å². The Bertz CT molecular complexity index is 370. The fourth-order valence-electron chi connectivity index (χ4n) is 1.37. The van der Waals surface area contributed by atoms with Crippen molar-refractivity contribution in [2.24, 2.45) is 0 Å². The molecule has 1 aromatic heterocycles. The highest BCUT2D eigenvalue weighted by atomic mass is 16.5. The zero-order valence-corrected chi connectivity index (χ0v) is 8.52. The molecule has 0 fully saturated rings. The summed E-state index contributed by atoms with van der Waals surface area (Å²) in [5.41, 5.74) is 2.32. The second kappa shape index (κ2) is 5.32. The van der Waals surface area contributed by atoms with Crippen molar-refractivity contribution in [2.45, 2.75) is 13.0 Å². The number of hydrogen-bond acceptors (Lipinski definition) is 2. The van der Waals surface area contributed by atoms with Crippen LogP contribution < -0.4 is 0 Å². The van der Waals surface area contributed by atoms with Crippen LogP contribution in [0.5, 0.6) is 0 Å². The highest BCUT2D eigenvalue weighted by Gasteiger charge is 1.94. The van der Waals surface area contributed by atoms with Gasteiger partial charge in [-0.3, -0.25) is 0 Å². The standard InChI is InChI=1S/C12H14N2O/c1-2-4-11(5-3-1)9-15-7-6-12-8-13-10-14-12/h1-5,8,10H,6-7,9H2,(H,13,14). The molecule has 0 aliphatic carbocycles. The van der Waals surface area contributed by atoms with Crippen molar-refractivity contribution in [2.75, 3.05) is 6.61 Å². The van der Waals surface area contributed by atoms with Gasteiger partial charge in [0.25, 0.3) is 0 Å². The minimum absolute atomic E-state index is 0.676. The summed E-state index contributed by atoms with van der Waals surface area (Å²) in [7, 11) is 0. The second-order valence-corrected chi connectivity index (χ2v) is 3.37. The Morgan fingerprint density at radius 2 is 2.07 bits per heavy atom. The van der Waals surface area contributed by atoms with E-state index in [9.17, 15) is 0 Å². The summed E-state index contributed by atoms with van der Waals surface area (Å²) in [5.74, 6) is 0. The fourth-order valence-corrected chi connectivity index (χ4v) is 1.37. The Hall–Kier alpha value is -1.61. The fraction of sp³-hybridized carbons (Fsp3) is 0.250. The zero-order chi connectivity index (χ0) is 10.3. The molecule has 0 amide bonds. The first-order valence-corrected chi connectivity index (χ1v) is 5.04. The first-order valence-electron chi connectivity index (χ1n) is 5.04. The van der Waals surface area contributed by atoms with Crippen molar-refractivity contribution < 1.29 is 4.74 Å². The molecule has 2 aromatic rings. The molecule has 1 heterocycles. The van der Waals surface area contributed by atoms with Crippen LogP contribution in [0.4, 0.5) is 0 Å². The number of benzene rings is 1. The number of rotatable bonds is 5. The maximum Gasteiger partial charge on any atom is 0.0921 e. The number of nitrogens with one attached hydrogen (secondary N) is 1. The maximum atomic E-state index is 5.55. The van der Waals surface area contributed by atoms with Crippen molar-refractivity contribution >= 4 is 0 Å². The van der Waals surface area contributed by atoms with Crippen LogP contribution in [0.3, 0.4) is 0 Å². The van der Waals surface area contributed by atoms with E-state index in [0.717, 1.165) is 18.7 Å². The third kappa shape index (κ3) is 3.22. The highest BCUT2D eigenvalue weighted by Crippen LogP contribution is 2.01. The summed E-state index contributed by atoms with van der Waals surface area (Å²) < 4.78 is 5.55. The molecule has 1 N–H and O–H groups in total. The van der Waals surface area contributed by atoms with Gasteiger partial charge < -0.3 is 9.72 Å². The molecule has 15 heavy (non-hydrogen) atoms. The predicted octanol–water partition coefficient (Wildman–Crippen LogP) is 2.17. The first-order chi connectivity index (χ1) is 7.45. The van der Waals surface area contributed by atoms with Gasteiger partial charge >= 0.3 is 0 Å². The van der Waals surface area contributed by atoms with Crippen molar-refractivity contribution in [1.29, 1.82) is 0 Å². The quantitative estimate of drug-likeness (QED) is 0.754. The Morgan fingerprint density at radius 1 is 1.20 bits per heavy atom. The lowest BCUT2D eigenvalue weighted by atomic mass is 10.2. The Kier molecular flexibility index (Phi) is 3.52. The van der Waals surface area contributed by atoms with Gasteiger partial charge in [0.2, 0.25) is 0 Å². The summed E-state index contributed by atoms with van der Waals surface area (Å²) >= 11 is 0. The summed E-state index contributed by atoms with van der Waals surface area (Å²) in [6.45, 7) is 1.39. The zero-order valence-electron chi connectivity index (χ0n) is 8.52. The van der Waals surface area contributed by atoms with Crippen molar-refractivity contribution in [3.05, 3.63) is 54.1 Å². The average molecular weight is 202 g/mol. The van der Waals surface area contributed by atoms with Crippen LogP contribution in [0, 0.1) is 0 Å². The highest BCUT2D eigenvalue weighted by molar-refractivity contribution is 5.13. The van der Waals surface area contributed by atoms with Crippen LogP contribution in [0.2, 0.25) is 0 Å². The number of ether oxygens (including phenoxy) is 1. The molecule has 1 aromatic carbocycles. The summed E-state index contributed by atoms with van der Waals surface area (Å²) in [6.07, 6.45) is 4.39. The minimum Gasteiger partial charge on any atom is -0.376 e. The molecule has 0 bridgehead atoms. The van der Waals surface area contributed by atoms with E-state index in [4.69, 9.17) is 4.74 Å². The van der Waals surface area contributed by atoms with Gasteiger partial charge in [0.15, 0.2) is 0 Å².